The van der Waals surface area contributed by atoms with Crippen molar-refractivity contribution in [3.8, 4) is 0 Å². The van der Waals surface area contributed by atoms with E-state index >= 15 is 0 Å². The van der Waals surface area contributed by atoms with Gasteiger partial charge in [-0.15, -0.1) is 0 Å². The van der Waals surface area contributed by atoms with Gasteiger partial charge in [-0.2, -0.15) is 4.98 Å². The molecule has 0 spiro atoms. The summed E-state index contributed by atoms with van der Waals surface area (Å²) in [4.78, 5) is 20.8. The van der Waals surface area contributed by atoms with Crippen LogP contribution < -0.4 is 5.32 Å². The van der Waals surface area contributed by atoms with Crippen LogP contribution in [0.25, 0.3) is 0 Å². The van der Waals surface area contributed by atoms with Crippen molar-refractivity contribution >= 4 is 5.91 Å². The molecule has 0 aromatic carbocycles. The van der Waals surface area contributed by atoms with Gasteiger partial charge in [0.2, 0.25) is 11.8 Å². The number of hydrogen-bond donors (Lipinski definition) is 1. The quantitative estimate of drug-likeness (QED) is 0.856. The second-order valence-corrected chi connectivity index (χ2v) is 6.34. The van der Waals surface area contributed by atoms with Crippen molar-refractivity contribution < 1.29 is 9.32 Å². The average molecular weight is 307 g/mol. The smallest absolute Gasteiger partial charge is 0.240 e. The molecule has 7 heteroatoms. The highest BCUT2D eigenvalue weighted by Crippen LogP contribution is 2.17. The van der Waals surface area contributed by atoms with Crippen LogP contribution >= 0.6 is 0 Å². The minimum absolute atomic E-state index is 0.174. The molecule has 0 bridgehead atoms. The van der Waals surface area contributed by atoms with Gasteiger partial charge in [0.05, 0.1) is 13.1 Å². The highest BCUT2D eigenvalue weighted by molar-refractivity contribution is 5.78. The van der Waals surface area contributed by atoms with Crippen molar-refractivity contribution in [1.29, 1.82) is 0 Å². The molecule has 3 rings (SSSR count). The van der Waals surface area contributed by atoms with Crippen LogP contribution in [0.2, 0.25) is 0 Å². The fourth-order valence-electron chi connectivity index (χ4n) is 3.25. The highest BCUT2D eigenvalue weighted by Gasteiger charge is 2.22. The van der Waals surface area contributed by atoms with Gasteiger partial charge in [-0.05, 0) is 19.8 Å². The Morgan fingerprint density at radius 3 is 2.55 bits per heavy atom. The summed E-state index contributed by atoms with van der Waals surface area (Å²) in [6, 6.07) is 0.412. The van der Waals surface area contributed by atoms with E-state index in [0.29, 0.717) is 30.8 Å². The van der Waals surface area contributed by atoms with E-state index in [1.54, 1.807) is 0 Å². The molecule has 1 N–H and O–H groups in total. The van der Waals surface area contributed by atoms with Crippen molar-refractivity contribution in [2.45, 2.75) is 45.2 Å². The van der Waals surface area contributed by atoms with E-state index in [2.05, 4.69) is 25.3 Å². The first-order chi connectivity index (χ1) is 10.7. The largest absolute Gasteiger partial charge is 0.352 e. The van der Waals surface area contributed by atoms with Gasteiger partial charge in [0.15, 0.2) is 5.82 Å². The van der Waals surface area contributed by atoms with Gasteiger partial charge in [-0.3, -0.25) is 14.6 Å². The van der Waals surface area contributed by atoms with Crippen LogP contribution in [0, 0.1) is 6.92 Å². The topological polar surface area (TPSA) is 74.5 Å². The first-order valence-electron chi connectivity index (χ1n) is 8.22. The number of carbonyl (C=O) groups excluding carboxylic acids is 1. The lowest BCUT2D eigenvalue weighted by Crippen LogP contribution is -2.50. The fourth-order valence-corrected chi connectivity index (χ4v) is 3.25. The normalized spacial score (nSPS) is 21.3. The number of aryl methyl sites for hydroxylation is 1. The molecule has 2 aliphatic rings. The van der Waals surface area contributed by atoms with E-state index < -0.39 is 0 Å². The van der Waals surface area contributed by atoms with Gasteiger partial charge < -0.3 is 9.84 Å². The molecule has 1 aromatic rings. The summed E-state index contributed by atoms with van der Waals surface area (Å²) in [6.07, 6.45) is 4.78. The number of piperazine rings is 1. The number of rotatable bonds is 5. The Morgan fingerprint density at radius 1 is 1.23 bits per heavy atom. The molecule has 1 aliphatic heterocycles. The average Bonchev–Trinajstić information content (AvgIpc) is 3.13. The maximum atomic E-state index is 12.0. The summed E-state index contributed by atoms with van der Waals surface area (Å²) in [5.41, 5.74) is 0. The van der Waals surface area contributed by atoms with Gasteiger partial charge in [-0.1, -0.05) is 18.0 Å². The van der Waals surface area contributed by atoms with Gasteiger partial charge in [-0.25, -0.2) is 0 Å². The minimum atomic E-state index is 0.174. The molecule has 7 nitrogen and oxygen atoms in total. The van der Waals surface area contributed by atoms with Crippen molar-refractivity contribution in [3.63, 3.8) is 0 Å². The Morgan fingerprint density at radius 2 is 1.91 bits per heavy atom. The van der Waals surface area contributed by atoms with E-state index in [0.717, 1.165) is 39.0 Å². The Kier molecular flexibility index (Phi) is 5.04. The lowest BCUT2D eigenvalue weighted by molar-refractivity contribution is -0.123. The molecule has 0 radical (unpaired) electrons. The molecule has 1 aromatic heterocycles. The monoisotopic (exact) mass is 307 g/mol. The van der Waals surface area contributed by atoms with Crippen LogP contribution in [0.3, 0.4) is 0 Å². The number of aromatic nitrogens is 2. The van der Waals surface area contributed by atoms with Crippen LogP contribution in [0.1, 0.15) is 37.4 Å². The summed E-state index contributed by atoms with van der Waals surface area (Å²) in [5, 5.41) is 6.96. The van der Waals surface area contributed by atoms with Crippen LogP contribution in [0.4, 0.5) is 0 Å². The van der Waals surface area contributed by atoms with E-state index in [1.165, 1.54) is 12.8 Å². The summed E-state index contributed by atoms with van der Waals surface area (Å²) < 4.78 is 5.15. The molecule has 122 valence electrons. The molecule has 1 amide bonds. The SMILES string of the molecule is Cc1noc(CN2CCN(CC(=O)NC3CCCC3)CC2)n1. The van der Waals surface area contributed by atoms with Crippen molar-refractivity contribution in [3.05, 3.63) is 11.7 Å². The number of amides is 1. The molecule has 2 heterocycles. The predicted octanol–water partition coefficient (Wildman–Crippen LogP) is 0.554. The van der Waals surface area contributed by atoms with Crippen LogP contribution in [0.5, 0.6) is 0 Å². The molecule has 2 fully saturated rings. The number of nitrogens with one attached hydrogen (secondary N) is 1. The van der Waals surface area contributed by atoms with Crippen LogP contribution in [-0.2, 0) is 11.3 Å². The van der Waals surface area contributed by atoms with Crippen molar-refractivity contribution in [2.75, 3.05) is 32.7 Å². The zero-order valence-electron chi connectivity index (χ0n) is 13.3. The minimum Gasteiger partial charge on any atom is -0.352 e. The summed E-state index contributed by atoms with van der Waals surface area (Å²) >= 11 is 0. The maximum Gasteiger partial charge on any atom is 0.240 e. The third-order valence-electron chi connectivity index (χ3n) is 4.48. The summed E-state index contributed by atoms with van der Waals surface area (Å²) in [6.45, 7) is 6.72. The molecule has 0 atom stereocenters. The Hall–Kier alpha value is -1.47. The molecule has 1 saturated heterocycles. The molecular formula is C15H25N5O2. The second kappa shape index (κ2) is 7.19. The van der Waals surface area contributed by atoms with Crippen LogP contribution in [-0.4, -0.2) is 64.6 Å². The molecular weight excluding hydrogens is 282 g/mol. The Labute approximate surface area is 131 Å². The van der Waals surface area contributed by atoms with E-state index in [-0.39, 0.29) is 5.91 Å². The Balaban J connectivity index is 1.37. The van der Waals surface area contributed by atoms with E-state index in [4.69, 9.17) is 4.52 Å². The van der Waals surface area contributed by atoms with Crippen LogP contribution in [0.15, 0.2) is 4.52 Å². The number of carbonyl (C=O) groups is 1. The van der Waals surface area contributed by atoms with Crippen molar-refractivity contribution in [2.24, 2.45) is 0 Å². The Bertz CT molecular complexity index is 490. The van der Waals surface area contributed by atoms with Gasteiger partial charge in [0.25, 0.3) is 0 Å². The molecule has 22 heavy (non-hydrogen) atoms. The zero-order chi connectivity index (χ0) is 15.4. The first kappa shape index (κ1) is 15.4. The van der Waals surface area contributed by atoms with Gasteiger partial charge >= 0.3 is 0 Å². The van der Waals surface area contributed by atoms with E-state index in [9.17, 15) is 4.79 Å². The van der Waals surface area contributed by atoms with Gasteiger partial charge in [0.1, 0.15) is 0 Å². The standard InChI is InChI=1S/C15H25N5O2/c1-12-16-15(22-18-12)11-20-8-6-19(7-9-20)10-14(21)17-13-4-2-3-5-13/h13H,2-11H2,1H3,(H,17,21). The number of nitrogens with zero attached hydrogens (tertiary/aromatic N) is 4. The molecule has 1 saturated carbocycles. The summed E-state index contributed by atoms with van der Waals surface area (Å²) in [7, 11) is 0. The first-order valence-corrected chi connectivity index (χ1v) is 8.22. The molecule has 0 unspecified atom stereocenters. The number of hydrogen-bond acceptors (Lipinski definition) is 6. The zero-order valence-corrected chi connectivity index (χ0v) is 13.3. The second-order valence-electron chi connectivity index (χ2n) is 6.34. The molecule has 1 aliphatic carbocycles. The van der Waals surface area contributed by atoms with E-state index in [1.807, 2.05) is 6.92 Å². The highest BCUT2D eigenvalue weighted by atomic mass is 16.5. The van der Waals surface area contributed by atoms with Gasteiger partial charge in [0, 0.05) is 32.2 Å². The third kappa shape index (κ3) is 4.27. The van der Waals surface area contributed by atoms with Crippen molar-refractivity contribution in [1.82, 2.24) is 25.3 Å². The lowest BCUT2D eigenvalue weighted by atomic mass is 10.2. The predicted molar refractivity (Wildman–Crippen MR) is 81.2 cm³/mol. The fraction of sp³-hybridized carbons (Fsp3) is 0.800. The maximum absolute atomic E-state index is 12.0. The summed E-state index contributed by atoms with van der Waals surface area (Å²) in [5.74, 6) is 1.52. The lowest BCUT2D eigenvalue weighted by Gasteiger charge is -2.33. The third-order valence-corrected chi connectivity index (χ3v) is 4.48.